The van der Waals surface area contributed by atoms with E-state index in [1.807, 2.05) is 0 Å². The van der Waals surface area contributed by atoms with Crippen molar-refractivity contribution in [1.82, 2.24) is 29.3 Å². The Morgan fingerprint density at radius 3 is 2.41 bits per heavy atom. The Hall–Kier alpha value is -3.68. The Bertz CT molecular complexity index is 1450. The van der Waals surface area contributed by atoms with Crippen molar-refractivity contribution >= 4 is 10.1 Å². The first-order valence-electron chi connectivity index (χ1n) is 10.1. The maximum Gasteiger partial charge on any atom is 0.333 e. The highest BCUT2D eigenvalue weighted by Gasteiger charge is 2.41. The van der Waals surface area contributed by atoms with Crippen molar-refractivity contribution in [2.75, 3.05) is 12.9 Å². The normalized spacial score (nSPS) is 14.6. The summed E-state index contributed by atoms with van der Waals surface area (Å²) < 4.78 is 46.7. The van der Waals surface area contributed by atoms with Crippen LogP contribution in [-0.4, -0.2) is 55.7 Å². The molecule has 34 heavy (non-hydrogen) atoms. The summed E-state index contributed by atoms with van der Waals surface area (Å²) in [6.45, 7) is 0.691. The maximum absolute atomic E-state index is 14.6. The van der Waals surface area contributed by atoms with E-state index >= 15 is 0 Å². The summed E-state index contributed by atoms with van der Waals surface area (Å²) in [5, 5.41) is 22.4. The summed E-state index contributed by atoms with van der Waals surface area (Å²) in [7, 11) is -3.96. The third kappa shape index (κ3) is 4.53. The van der Waals surface area contributed by atoms with Crippen LogP contribution in [-0.2, 0) is 19.9 Å². The maximum atomic E-state index is 14.6. The molecule has 178 valence electrons. The van der Waals surface area contributed by atoms with Gasteiger partial charge in [-0.25, -0.2) is 13.9 Å². The quantitative estimate of drug-likeness (QED) is 0.366. The molecular weight excluding hydrogens is 467 g/mol. The van der Waals surface area contributed by atoms with E-state index in [1.165, 1.54) is 57.7 Å². The Morgan fingerprint density at radius 1 is 1.12 bits per heavy atom. The van der Waals surface area contributed by atoms with Gasteiger partial charge in [-0.1, -0.05) is 18.2 Å². The van der Waals surface area contributed by atoms with E-state index in [0.29, 0.717) is 11.4 Å². The number of aromatic nitrogens is 6. The number of tetrazole rings is 1. The lowest BCUT2D eigenvalue weighted by Crippen LogP contribution is -2.44. The molecule has 11 nitrogen and oxygen atoms in total. The van der Waals surface area contributed by atoms with Crippen LogP contribution in [0, 0.1) is 5.82 Å². The Morgan fingerprint density at radius 2 is 1.79 bits per heavy atom. The molecule has 0 fully saturated rings. The van der Waals surface area contributed by atoms with E-state index < -0.39 is 39.9 Å². The SMILES string of the molecule is C[C@@H](n1ccn(-c2ccc(-n3cnnn3)cc2)c1=O)[C@](O)(COS(C)(=O)=O)c1ccccc1F. The van der Waals surface area contributed by atoms with Crippen LogP contribution < -0.4 is 5.69 Å². The number of imidazole rings is 1. The van der Waals surface area contributed by atoms with E-state index in [1.54, 1.807) is 24.3 Å². The third-order valence-corrected chi connectivity index (χ3v) is 6.03. The van der Waals surface area contributed by atoms with E-state index in [2.05, 4.69) is 15.5 Å². The molecule has 2 aromatic carbocycles. The van der Waals surface area contributed by atoms with Gasteiger partial charge in [0.25, 0.3) is 10.1 Å². The lowest BCUT2D eigenvalue weighted by atomic mass is 9.87. The molecule has 0 aliphatic heterocycles. The molecule has 1 N–H and O–H groups in total. The minimum Gasteiger partial charge on any atom is -0.380 e. The van der Waals surface area contributed by atoms with E-state index in [0.717, 1.165) is 12.3 Å². The van der Waals surface area contributed by atoms with Crippen molar-refractivity contribution < 1.29 is 22.1 Å². The Labute approximate surface area is 193 Å². The number of benzene rings is 2. The molecule has 0 saturated carbocycles. The van der Waals surface area contributed by atoms with Gasteiger partial charge < -0.3 is 5.11 Å². The summed E-state index contributed by atoms with van der Waals surface area (Å²) in [6, 6.07) is 11.1. The summed E-state index contributed by atoms with van der Waals surface area (Å²) in [5.74, 6) is -0.764. The van der Waals surface area contributed by atoms with Crippen molar-refractivity contribution in [3.05, 3.63) is 89.1 Å². The predicted octanol–water partition coefficient (Wildman–Crippen LogP) is 1.18. The van der Waals surface area contributed by atoms with Gasteiger partial charge in [-0.05, 0) is 47.7 Å². The second-order valence-corrected chi connectivity index (χ2v) is 9.32. The van der Waals surface area contributed by atoms with Gasteiger partial charge in [-0.15, -0.1) is 5.10 Å². The van der Waals surface area contributed by atoms with Crippen molar-refractivity contribution in [1.29, 1.82) is 0 Å². The molecule has 0 saturated heterocycles. The lowest BCUT2D eigenvalue weighted by Gasteiger charge is -2.34. The summed E-state index contributed by atoms with van der Waals surface area (Å²) in [5.41, 5.74) is -1.70. The van der Waals surface area contributed by atoms with Gasteiger partial charge in [-0.2, -0.15) is 8.42 Å². The van der Waals surface area contributed by atoms with Crippen LogP contribution >= 0.6 is 0 Å². The molecule has 4 rings (SSSR count). The fourth-order valence-corrected chi connectivity index (χ4v) is 3.98. The van der Waals surface area contributed by atoms with Crippen LogP contribution in [0.1, 0.15) is 18.5 Å². The summed E-state index contributed by atoms with van der Waals surface area (Å²) in [6.07, 6.45) is 5.17. The Balaban J connectivity index is 1.71. The average molecular weight is 489 g/mol. The van der Waals surface area contributed by atoms with Gasteiger partial charge in [0.15, 0.2) is 0 Å². The first kappa shape index (κ1) is 23.5. The molecule has 0 unspecified atom stereocenters. The first-order valence-corrected chi connectivity index (χ1v) is 11.9. The number of nitrogens with zero attached hydrogens (tertiary/aromatic N) is 6. The van der Waals surface area contributed by atoms with Gasteiger partial charge in [-0.3, -0.25) is 13.3 Å². The minimum atomic E-state index is -3.96. The molecule has 13 heteroatoms. The van der Waals surface area contributed by atoms with E-state index in [-0.39, 0.29) is 5.56 Å². The molecule has 0 aliphatic rings. The topological polar surface area (TPSA) is 134 Å². The van der Waals surface area contributed by atoms with Crippen molar-refractivity contribution in [2.45, 2.75) is 18.6 Å². The van der Waals surface area contributed by atoms with Gasteiger partial charge in [0.2, 0.25) is 0 Å². The molecule has 2 heterocycles. The van der Waals surface area contributed by atoms with E-state index in [4.69, 9.17) is 4.18 Å². The molecule has 4 aromatic rings. The van der Waals surface area contributed by atoms with Crippen LogP contribution in [0.5, 0.6) is 0 Å². The van der Waals surface area contributed by atoms with E-state index in [9.17, 15) is 22.7 Å². The highest BCUT2D eigenvalue weighted by atomic mass is 32.2. The number of aliphatic hydroxyl groups is 1. The van der Waals surface area contributed by atoms with Crippen molar-refractivity contribution in [2.24, 2.45) is 0 Å². The Kier molecular flexibility index (Phi) is 6.17. The zero-order valence-electron chi connectivity index (χ0n) is 18.2. The zero-order valence-corrected chi connectivity index (χ0v) is 19.0. The molecule has 0 radical (unpaired) electrons. The molecule has 2 aromatic heterocycles. The molecule has 0 amide bonds. The third-order valence-electron chi connectivity index (χ3n) is 5.49. The van der Waals surface area contributed by atoms with Gasteiger partial charge in [0.1, 0.15) is 24.4 Å². The number of hydrogen-bond donors (Lipinski definition) is 1. The van der Waals surface area contributed by atoms with Crippen molar-refractivity contribution in [3.8, 4) is 11.4 Å². The summed E-state index contributed by atoms with van der Waals surface area (Å²) in [4.78, 5) is 13.2. The smallest absolute Gasteiger partial charge is 0.333 e. The standard InChI is InChI=1S/C21H21FN6O5S/c1-15(21(30,13-33-34(2,31)32)18-5-3-4-6-19(18)22)26-11-12-27(20(26)29)16-7-9-17(10-8-16)28-14-23-24-25-28/h3-12,14-15,30H,13H2,1-2H3/t15-,21-/m1/s1. The highest BCUT2D eigenvalue weighted by Crippen LogP contribution is 2.35. The minimum absolute atomic E-state index is 0.198. The molecule has 0 aliphatic carbocycles. The molecule has 0 spiro atoms. The number of halogens is 1. The number of rotatable bonds is 8. The largest absolute Gasteiger partial charge is 0.380 e. The zero-order chi connectivity index (χ0) is 24.5. The fraction of sp³-hybridized carbons (Fsp3) is 0.238. The van der Waals surface area contributed by atoms with Gasteiger partial charge >= 0.3 is 5.69 Å². The van der Waals surface area contributed by atoms with Crippen LogP contribution in [0.2, 0.25) is 0 Å². The fourth-order valence-electron chi connectivity index (χ4n) is 3.59. The lowest BCUT2D eigenvalue weighted by molar-refractivity contribution is -0.0506. The highest BCUT2D eigenvalue weighted by molar-refractivity contribution is 7.85. The molecular formula is C21H21FN6O5S. The average Bonchev–Trinajstić information content (AvgIpc) is 3.47. The summed E-state index contributed by atoms with van der Waals surface area (Å²) >= 11 is 0. The number of hydrogen-bond acceptors (Lipinski definition) is 8. The first-order chi connectivity index (χ1) is 16.1. The van der Waals surface area contributed by atoms with Crippen LogP contribution in [0.15, 0.2) is 72.0 Å². The van der Waals surface area contributed by atoms with Gasteiger partial charge in [0.05, 0.1) is 23.7 Å². The van der Waals surface area contributed by atoms with Gasteiger partial charge in [0, 0.05) is 18.0 Å². The van der Waals surface area contributed by atoms with Crippen LogP contribution in [0.25, 0.3) is 11.4 Å². The van der Waals surface area contributed by atoms with Crippen molar-refractivity contribution in [3.63, 3.8) is 0 Å². The van der Waals surface area contributed by atoms with Crippen LogP contribution in [0.4, 0.5) is 4.39 Å². The molecule has 2 atom stereocenters. The second-order valence-electron chi connectivity index (χ2n) is 7.68. The van der Waals surface area contributed by atoms with Crippen LogP contribution in [0.3, 0.4) is 0 Å². The monoisotopic (exact) mass is 488 g/mol. The second kappa shape index (κ2) is 8.93. The molecule has 0 bridgehead atoms. The predicted molar refractivity (Wildman–Crippen MR) is 119 cm³/mol.